The Morgan fingerprint density at radius 3 is 2.05 bits per heavy atom. The van der Waals surface area contributed by atoms with Gasteiger partial charge in [0.1, 0.15) is 46.7 Å². The number of ether oxygens (including phenoxy) is 2. The second-order valence-corrected chi connectivity index (χ2v) is 22.0. The molecule has 5 amide bonds. The van der Waals surface area contributed by atoms with Gasteiger partial charge in [0.05, 0.1) is 26.2 Å². The molecular formula is C61H70N5O17P. The van der Waals surface area contributed by atoms with Crippen molar-refractivity contribution in [1.82, 2.24) is 26.2 Å². The van der Waals surface area contributed by atoms with Gasteiger partial charge in [-0.15, -0.1) is 0 Å². The number of aromatic carboxylic acids is 1. The number of rotatable bonds is 26. The summed E-state index contributed by atoms with van der Waals surface area (Å²) in [5, 5.41) is 30.8. The van der Waals surface area contributed by atoms with Crippen LogP contribution in [0, 0.1) is 5.92 Å². The number of phenolic OH excluding ortho intramolecular Hbond substituents is 1. The van der Waals surface area contributed by atoms with Gasteiger partial charge in [-0.05, 0) is 98.2 Å². The Bertz CT molecular complexity index is 3310. The molecule has 1 aliphatic carbocycles. The van der Waals surface area contributed by atoms with Crippen molar-refractivity contribution < 1.29 is 76.1 Å². The first kappa shape index (κ1) is 64.1. The lowest BCUT2D eigenvalue weighted by atomic mass is 9.91. The maximum Gasteiger partial charge on any atom is 0.453 e. The molecular weight excluding hydrogens is 1110 g/mol. The molecule has 2 heterocycles. The summed E-state index contributed by atoms with van der Waals surface area (Å²) in [6, 6.07) is 28.4. The number of hydrogen-bond donors (Lipinski definition) is 6. The fourth-order valence-corrected chi connectivity index (χ4v) is 11.1. The van der Waals surface area contributed by atoms with Gasteiger partial charge in [-0.1, -0.05) is 81.3 Å². The predicted molar refractivity (Wildman–Crippen MR) is 310 cm³/mol. The Hall–Kier alpha value is -9.04. The van der Waals surface area contributed by atoms with E-state index in [2.05, 4.69) is 21.3 Å². The zero-order valence-corrected chi connectivity index (χ0v) is 48.2. The molecule has 5 unspecified atom stereocenters. The van der Waals surface area contributed by atoms with Gasteiger partial charge in [-0.25, -0.2) is 9.36 Å². The molecule has 2 aliphatic heterocycles. The van der Waals surface area contributed by atoms with Crippen molar-refractivity contribution >= 4 is 66.0 Å². The first-order valence-corrected chi connectivity index (χ1v) is 29.1. The summed E-state index contributed by atoms with van der Waals surface area (Å²) in [5.74, 6) is -6.33. The SMILES string of the molecule is CCC(C)C(NC(=O)CCCCCNC(C)=O)C(=O)NC(CCC(=O)OC)C(=O)N1CCCC1C(=O)NC(CC(=O)OC)P(=O)(Oc1ccccc1)Oc1ccccc1.O=C(O)c1ccccc1-c1c2ccc(=O)cc-2oc2cc(O)ccc12. The van der Waals surface area contributed by atoms with Crippen LogP contribution in [0.2, 0.25) is 0 Å². The molecule has 0 spiro atoms. The van der Waals surface area contributed by atoms with Crippen LogP contribution in [0.5, 0.6) is 17.2 Å². The Morgan fingerprint density at radius 2 is 1.42 bits per heavy atom. The van der Waals surface area contributed by atoms with Crippen molar-refractivity contribution in [2.45, 2.75) is 109 Å². The van der Waals surface area contributed by atoms with Crippen molar-refractivity contribution in [1.29, 1.82) is 0 Å². The zero-order valence-electron chi connectivity index (χ0n) is 47.3. The van der Waals surface area contributed by atoms with E-state index in [1.54, 1.807) is 73.7 Å². The van der Waals surface area contributed by atoms with Gasteiger partial charge in [-0.2, -0.15) is 0 Å². The lowest BCUT2D eigenvalue weighted by Gasteiger charge is -2.32. The minimum absolute atomic E-state index is 0.0198. The van der Waals surface area contributed by atoms with E-state index < -0.39 is 73.6 Å². The van der Waals surface area contributed by atoms with E-state index >= 15 is 0 Å². The molecule has 0 aromatic heterocycles. The molecule has 5 atom stereocenters. The highest BCUT2D eigenvalue weighted by molar-refractivity contribution is 7.55. The third-order valence-corrected chi connectivity index (χ3v) is 15.9. The fourth-order valence-electron chi connectivity index (χ4n) is 9.37. The van der Waals surface area contributed by atoms with Crippen LogP contribution in [-0.4, -0.2) is 114 Å². The standard InChI is InChI=1S/C41H58N5O12P.C20H12O5/c1-6-28(2)38(44-34(48)22-14-9-15-25-42-29(3)47)40(52)43-32(23-24-36(49)55-4)41(53)46-26-16-21-33(46)39(51)45-35(27-37(50)56-5)59(54,57-30-17-10-7-11-18-30)58-31-19-12-8-13-20-31;21-11-5-7-15-17(9-11)25-18-10-12(22)6-8-16(18)19(15)13-3-1-2-4-14(13)20(23)24/h7-8,10-13,17-20,28,32-33,35,38H,6,9,14-16,21-27H2,1-5H3,(H,42,47)(H,43,52)(H,44,48)(H,45,51);1-10,21H,(H,23,24). The number of aromatic hydroxyl groups is 1. The number of hydrogen-bond acceptors (Lipinski definition) is 16. The number of nitrogens with zero attached hydrogens (tertiary/aromatic N) is 1. The summed E-state index contributed by atoms with van der Waals surface area (Å²) in [5.41, 5.74) is 2.10. The molecule has 6 N–H and O–H groups in total. The third kappa shape index (κ3) is 17.7. The van der Waals surface area contributed by atoms with Gasteiger partial charge in [0.25, 0.3) is 0 Å². The van der Waals surface area contributed by atoms with E-state index in [0.29, 0.717) is 72.1 Å². The molecule has 4 aromatic carbocycles. The molecule has 0 saturated carbocycles. The van der Waals surface area contributed by atoms with Crippen LogP contribution < -0.4 is 35.7 Å². The zero-order chi connectivity index (χ0) is 60.9. The number of para-hydroxylation sites is 2. The summed E-state index contributed by atoms with van der Waals surface area (Å²) in [6.07, 6.45) is 2.11. The second kappa shape index (κ2) is 30.9. The van der Waals surface area contributed by atoms with Gasteiger partial charge in [0.15, 0.2) is 11.2 Å². The Labute approximate surface area is 485 Å². The lowest BCUT2D eigenvalue weighted by Crippen LogP contribution is -2.58. The molecule has 446 valence electrons. The molecule has 0 bridgehead atoms. The van der Waals surface area contributed by atoms with Crippen LogP contribution >= 0.6 is 7.60 Å². The highest BCUT2D eigenvalue weighted by Gasteiger charge is 2.46. The first-order chi connectivity index (χ1) is 40.2. The number of carboxylic acid groups (broad SMARTS) is 1. The fraction of sp³-hybridized carbons (Fsp3) is 0.361. The van der Waals surface area contributed by atoms with Crippen LogP contribution in [0.15, 0.2) is 131 Å². The number of likely N-dealkylation sites (tertiary alicyclic amines) is 1. The van der Waals surface area contributed by atoms with Gasteiger partial charge >= 0.3 is 25.5 Å². The largest absolute Gasteiger partial charge is 0.508 e. The molecule has 4 aromatic rings. The lowest BCUT2D eigenvalue weighted by molar-refractivity contribution is -0.145. The summed E-state index contributed by atoms with van der Waals surface area (Å²) in [7, 11) is -2.16. The average molecular weight is 1180 g/mol. The van der Waals surface area contributed by atoms with Crippen LogP contribution in [0.1, 0.15) is 95.3 Å². The van der Waals surface area contributed by atoms with E-state index in [9.17, 15) is 57.9 Å². The molecule has 22 nitrogen and oxygen atoms in total. The van der Waals surface area contributed by atoms with E-state index in [1.165, 1.54) is 73.5 Å². The van der Waals surface area contributed by atoms with Crippen LogP contribution in [-0.2, 0) is 47.6 Å². The van der Waals surface area contributed by atoms with Gasteiger partial charge < -0.3 is 59.3 Å². The third-order valence-electron chi connectivity index (χ3n) is 13.9. The average Bonchev–Trinajstić information content (AvgIpc) is 2.61. The van der Waals surface area contributed by atoms with E-state index in [-0.39, 0.29) is 78.2 Å². The molecule has 0 radical (unpaired) electrons. The smallest absolute Gasteiger partial charge is 0.453 e. The topological polar surface area (TPSA) is 313 Å². The number of benzene rings is 5. The summed E-state index contributed by atoms with van der Waals surface area (Å²) >= 11 is 0. The number of amides is 5. The van der Waals surface area contributed by atoms with E-state index in [1.807, 2.05) is 6.92 Å². The van der Waals surface area contributed by atoms with Crippen molar-refractivity contribution in [2.24, 2.45) is 5.92 Å². The van der Waals surface area contributed by atoms with Gasteiger partial charge in [-0.3, -0.25) is 38.4 Å². The van der Waals surface area contributed by atoms with E-state index in [0.717, 1.165) is 7.11 Å². The van der Waals surface area contributed by atoms with Crippen LogP contribution in [0.4, 0.5) is 0 Å². The quantitative estimate of drug-likeness (QED) is 0.0130. The molecule has 3 aliphatic rings. The molecule has 23 heteroatoms. The maximum absolute atomic E-state index is 14.7. The van der Waals surface area contributed by atoms with Crippen molar-refractivity contribution in [3.8, 4) is 39.7 Å². The highest BCUT2D eigenvalue weighted by atomic mass is 31.2. The highest BCUT2D eigenvalue weighted by Crippen LogP contribution is 2.53. The van der Waals surface area contributed by atoms with Crippen molar-refractivity contribution in [2.75, 3.05) is 27.3 Å². The normalized spacial score (nSPS) is 14.3. The first-order valence-electron chi connectivity index (χ1n) is 27.5. The Balaban J connectivity index is 0.000000371. The number of carbonyl (C=O) groups is 8. The van der Waals surface area contributed by atoms with Gasteiger partial charge in [0, 0.05) is 61.5 Å². The number of fused-ring (bicyclic) bond motifs is 2. The van der Waals surface area contributed by atoms with Crippen LogP contribution in [0.25, 0.3) is 33.4 Å². The molecule has 1 saturated heterocycles. The maximum atomic E-state index is 14.7. The van der Waals surface area contributed by atoms with Crippen molar-refractivity contribution in [3.05, 3.63) is 137 Å². The number of esters is 2. The Morgan fingerprint density at radius 1 is 0.762 bits per heavy atom. The summed E-state index contributed by atoms with van der Waals surface area (Å²) in [4.78, 5) is 116. The molecule has 84 heavy (non-hydrogen) atoms. The number of phenols is 1. The minimum Gasteiger partial charge on any atom is -0.508 e. The number of carbonyl (C=O) groups excluding carboxylic acids is 7. The molecule has 7 rings (SSSR count). The minimum atomic E-state index is -4.49. The van der Waals surface area contributed by atoms with Crippen molar-refractivity contribution in [3.63, 3.8) is 0 Å². The summed E-state index contributed by atoms with van der Waals surface area (Å²) < 4.78 is 42.0. The van der Waals surface area contributed by atoms with Gasteiger partial charge in [0.2, 0.25) is 29.5 Å². The number of nitrogens with one attached hydrogen (secondary N) is 4. The van der Waals surface area contributed by atoms with Crippen LogP contribution in [0.3, 0.4) is 0 Å². The second-order valence-electron chi connectivity index (χ2n) is 19.9. The summed E-state index contributed by atoms with van der Waals surface area (Å²) in [6.45, 7) is 5.68. The predicted octanol–water partition coefficient (Wildman–Crippen LogP) is 7.97. The molecule has 1 fully saturated rings. The monoisotopic (exact) mass is 1180 g/mol. The van der Waals surface area contributed by atoms with E-state index in [4.69, 9.17) is 22.9 Å². The Kier molecular flexibility index (Phi) is 23.6. The number of carboxylic acids is 1. The number of methoxy groups -OCH3 is 2. The number of unbranched alkanes of at least 4 members (excludes halogenated alkanes) is 2.